The van der Waals surface area contributed by atoms with Crippen molar-refractivity contribution in [2.24, 2.45) is 0 Å². The lowest BCUT2D eigenvalue weighted by Gasteiger charge is -2.33. The predicted octanol–water partition coefficient (Wildman–Crippen LogP) is 22.6. The third-order valence-corrected chi connectivity index (χ3v) is 18.7. The zero-order valence-corrected chi connectivity index (χ0v) is 50.3. The van der Waals surface area contributed by atoms with Crippen LogP contribution in [0.5, 0.6) is 11.5 Å². The van der Waals surface area contributed by atoms with Gasteiger partial charge in [-0.25, -0.2) is 0 Å². The summed E-state index contributed by atoms with van der Waals surface area (Å²) in [6.07, 6.45) is 9.51. The van der Waals surface area contributed by atoms with E-state index in [2.05, 4.69) is 291 Å². The van der Waals surface area contributed by atoms with Crippen LogP contribution in [0.25, 0.3) is 67.8 Å². The second kappa shape index (κ2) is 25.1. The molecule has 14 rings (SSSR count). The van der Waals surface area contributed by atoms with Gasteiger partial charge in [-0.1, -0.05) is 250 Å². The van der Waals surface area contributed by atoms with E-state index in [1.165, 1.54) is 89.0 Å². The summed E-state index contributed by atoms with van der Waals surface area (Å²) >= 11 is 0. The molecule has 89 heavy (non-hydrogen) atoms. The van der Waals surface area contributed by atoms with Gasteiger partial charge in [0.2, 0.25) is 0 Å². The van der Waals surface area contributed by atoms with Crippen LogP contribution >= 0.6 is 0 Å². The van der Waals surface area contributed by atoms with Crippen molar-refractivity contribution >= 4 is 29.2 Å². The van der Waals surface area contributed by atoms with Gasteiger partial charge in [-0.2, -0.15) is 0 Å². The molecule has 3 heteroatoms. The van der Waals surface area contributed by atoms with Crippen LogP contribution in [0.2, 0.25) is 0 Å². The number of fused-ring (bicyclic) bond motifs is 6. The van der Waals surface area contributed by atoms with E-state index in [1.54, 1.807) is 0 Å². The van der Waals surface area contributed by atoms with Gasteiger partial charge in [-0.3, -0.25) is 0 Å². The zero-order chi connectivity index (χ0) is 60.0. The molecule has 0 fully saturated rings. The molecular weight excluding hydrogens is 1080 g/mol. The maximum Gasteiger partial charge on any atom is 0.119 e. The summed E-state index contributed by atoms with van der Waals surface area (Å²) in [5.74, 6) is 1.78. The summed E-state index contributed by atoms with van der Waals surface area (Å²) in [7, 11) is 0. The molecule has 0 bridgehead atoms. The molecule has 2 atom stereocenters. The van der Waals surface area contributed by atoms with Crippen LogP contribution < -0.4 is 14.4 Å². The average molecular weight is 1150 g/mol. The number of benzene rings is 12. The molecule has 0 heterocycles. The number of ether oxygens (including phenoxy) is 2. The van der Waals surface area contributed by atoms with E-state index in [9.17, 15) is 0 Å². The maximum atomic E-state index is 6.28. The Morgan fingerprint density at radius 2 is 0.618 bits per heavy atom. The number of hydrogen-bond donors (Lipinski definition) is 0. The number of nitrogens with zero attached hydrogens (tertiary/aromatic N) is 1. The fourth-order valence-electron chi connectivity index (χ4n) is 14.2. The molecule has 12 aromatic rings. The molecule has 0 N–H and O–H groups in total. The van der Waals surface area contributed by atoms with Gasteiger partial charge in [-0.15, -0.1) is 0 Å². The summed E-state index contributed by atoms with van der Waals surface area (Å²) in [4.78, 5) is 2.39. The summed E-state index contributed by atoms with van der Waals surface area (Å²) < 4.78 is 12.6. The standard InChI is InChI=1S/C86H71NO2/c1-3-62-32-50-75(51-33-62)88-58-20-18-56-85(70-24-10-6-11-25-70)81-30-16-14-28-77(81)79-54-42-68(60-83(79)85)66-38-46-73(47-39-66)87(72-44-36-65(37-45-72)64-22-8-5-9-23-64)74-48-40-67(41-49-74)69-43-55-80-78-29-15-17-31-82(78)86(84(80)61-69,71-26-12-7-13-27-71)57-19-21-59-89-76-52-34-63(4-2)35-53-76/h3-17,22-55,60-61H,1-2,18-21,56-59H2. The van der Waals surface area contributed by atoms with E-state index < -0.39 is 0 Å². The van der Waals surface area contributed by atoms with E-state index in [-0.39, 0.29) is 10.8 Å². The topological polar surface area (TPSA) is 21.7 Å². The molecule has 2 aliphatic carbocycles. The Labute approximate surface area is 525 Å². The van der Waals surface area contributed by atoms with Gasteiger partial charge in [0.05, 0.1) is 13.2 Å². The molecule has 2 aliphatic rings. The zero-order valence-electron chi connectivity index (χ0n) is 50.3. The van der Waals surface area contributed by atoms with Crippen molar-refractivity contribution < 1.29 is 9.47 Å². The highest BCUT2D eigenvalue weighted by Crippen LogP contribution is 2.58. The normalized spacial score (nSPS) is 15.1. The molecule has 3 nitrogen and oxygen atoms in total. The molecule has 0 radical (unpaired) electrons. The Kier molecular flexibility index (Phi) is 15.9. The highest BCUT2D eigenvalue weighted by atomic mass is 16.5. The van der Waals surface area contributed by atoms with Gasteiger partial charge < -0.3 is 14.4 Å². The lowest BCUT2D eigenvalue weighted by Crippen LogP contribution is -2.27. The minimum atomic E-state index is -0.324. The number of rotatable bonds is 22. The largest absolute Gasteiger partial charge is 0.494 e. The van der Waals surface area contributed by atoms with Crippen molar-refractivity contribution in [3.8, 4) is 67.1 Å². The summed E-state index contributed by atoms with van der Waals surface area (Å²) in [6.45, 7) is 9.13. The van der Waals surface area contributed by atoms with Crippen LogP contribution in [0.15, 0.2) is 310 Å². The van der Waals surface area contributed by atoms with Gasteiger partial charge in [0.15, 0.2) is 0 Å². The van der Waals surface area contributed by atoms with Crippen molar-refractivity contribution in [1.82, 2.24) is 0 Å². The number of hydrogen-bond acceptors (Lipinski definition) is 3. The third-order valence-electron chi connectivity index (χ3n) is 18.7. The molecule has 0 saturated heterocycles. The fraction of sp³-hybridized carbons (Fsp3) is 0.116. The highest BCUT2D eigenvalue weighted by molar-refractivity contribution is 5.89. The first kappa shape index (κ1) is 56.3. The number of unbranched alkanes of at least 4 members (excludes halogenated alkanes) is 2. The molecule has 0 amide bonds. The first-order chi connectivity index (χ1) is 44.0. The van der Waals surface area contributed by atoms with Gasteiger partial charge in [0.1, 0.15) is 11.5 Å². The Balaban J connectivity index is 0.779. The smallest absolute Gasteiger partial charge is 0.119 e. The van der Waals surface area contributed by atoms with Crippen LogP contribution in [0.3, 0.4) is 0 Å². The predicted molar refractivity (Wildman–Crippen MR) is 373 cm³/mol. The molecule has 0 spiro atoms. The molecule has 0 saturated carbocycles. The molecule has 432 valence electrons. The van der Waals surface area contributed by atoms with E-state index in [0.29, 0.717) is 13.2 Å². The third kappa shape index (κ3) is 10.9. The van der Waals surface area contributed by atoms with Gasteiger partial charge in [-0.05, 0) is 211 Å². The van der Waals surface area contributed by atoms with Crippen LogP contribution in [-0.4, -0.2) is 13.2 Å². The monoisotopic (exact) mass is 1150 g/mol. The minimum Gasteiger partial charge on any atom is -0.494 e. The van der Waals surface area contributed by atoms with Crippen molar-refractivity contribution in [3.63, 3.8) is 0 Å². The molecule has 0 aromatic heterocycles. The average Bonchev–Trinajstić information content (AvgIpc) is 1.59. The first-order valence-corrected chi connectivity index (χ1v) is 31.5. The lowest BCUT2D eigenvalue weighted by atomic mass is 9.69. The lowest BCUT2D eigenvalue weighted by molar-refractivity contribution is 0.301. The van der Waals surface area contributed by atoms with Crippen LogP contribution in [0.1, 0.15) is 83.0 Å². The van der Waals surface area contributed by atoms with Gasteiger partial charge in [0.25, 0.3) is 0 Å². The van der Waals surface area contributed by atoms with E-state index in [4.69, 9.17) is 9.47 Å². The second-order valence-electron chi connectivity index (χ2n) is 23.7. The van der Waals surface area contributed by atoms with Crippen molar-refractivity contribution in [3.05, 3.63) is 355 Å². The molecule has 12 aromatic carbocycles. The van der Waals surface area contributed by atoms with Crippen molar-refractivity contribution in [2.45, 2.75) is 49.4 Å². The SMILES string of the molecule is C=Cc1ccc(OCCCCC2(c3ccccc3)c3ccccc3-c3ccc(-c4ccc(N(c5ccc(-c6ccccc6)cc5)c5ccc(-c6ccc7c(c6)C(CCCCOc6ccc(C=C)cc6)(c6ccccc6)c6ccccc6-7)cc5)cc4)cc32)cc1. The second-order valence-corrected chi connectivity index (χ2v) is 23.7. The Bertz CT molecular complexity index is 4170. The van der Waals surface area contributed by atoms with E-state index in [1.807, 2.05) is 36.4 Å². The van der Waals surface area contributed by atoms with Crippen LogP contribution in [0, 0.1) is 0 Å². The van der Waals surface area contributed by atoms with E-state index >= 15 is 0 Å². The summed E-state index contributed by atoms with van der Waals surface area (Å²) in [5, 5.41) is 0. The highest BCUT2D eigenvalue weighted by Gasteiger charge is 2.45. The van der Waals surface area contributed by atoms with Crippen LogP contribution in [-0.2, 0) is 10.8 Å². The quantitative estimate of drug-likeness (QED) is 0.0631. The van der Waals surface area contributed by atoms with Gasteiger partial charge in [0, 0.05) is 27.9 Å². The fourth-order valence-corrected chi connectivity index (χ4v) is 14.2. The minimum absolute atomic E-state index is 0.324. The van der Waals surface area contributed by atoms with Crippen molar-refractivity contribution in [2.75, 3.05) is 18.1 Å². The molecule has 2 unspecified atom stereocenters. The molecular formula is C86H71NO2. The van der Waals surface area contributed by atoms with E-state index in [0.717, 1.165) is 78.2 Å². The Hall–Kier alpha value is -10.5. The van der Waals surface area contributed by atoms with Crippen LogP contribution in [0.4, 0.5) is 17.1 Å². The summed E-state index contributed by atoms with van der Waals surface area (Å²) in [5.41, 5.74) is 25.3. The summed E-state index contributed by atoms with van der Waals surface area (Å²) in [6, 6.07) is 109. The Morgan fingerprint density at radius 1 is 0.292 bits per heavy atom. The number of anilines is 3. The van der Waals surface area contributed by atoms with Crippen molar-refractivity contribution in [1.29, 1.82) is 0 Å². The first-order valence-electron chi connectivity index (χ1n) is 31.5. The van der Waals surface area contributed by atoms with Gasteiger partial charge >= 0.3 is 0 Å². The Morgan fingerprint density at radius 3 is 1.01 bits per heavy atom. The maximum absolute atomic E-state index is 6.28. The molecule has 0 aliphatic heterocycles.